The predicted octanol–water partition coefficient (Wildman–Crippen LogP) is 2.74. The van der Waals surface area contributed by atoms with Gasteiger partial charge in [-0.25, -0.2) is 9.97 Å². The van der Waals surface area contributed by atoms with Crippen LogP contribution in [0.1, 0.15) is 5.56 Å². The van der Waals surface area contributed by atoms with E-state index in [0.29, 0.717) is 26.3 Å². The largest absolute Gasteiger partial charge is 0.396 e. The minimum Gasteiger partial charge on any atom is -0.396 e. The van der Waals surface area contributed by atoms with Gasteiger partial charge in [0, 0.05) is 12.4 Å². The predicted molar refractivity (Wildman–Crippen MR) is 66.7 cm³/mol. The number of nitrogens with two attached hydrogens (primary N) is 1. The highest BCUT2D eigenvalue weighted by molar-refractivity contribution is 7.99. The summed E-state index contributed by atoms with van der Waals surface area (Å²) in [5, 5.41) is 10.5. The molecule has 0 aliphatic carbocycles. The standard InChI is InChI=1S/C11H7ClN4S/c12-8-2-1-3-15-10(8)17-11-9(14)4-7(5-13)6-16-11/h1-4,6H,14H2. The Bertz CT molecular complexity index is 594. The SMILES string of the molecule is N#Cc1cnc(Sc2ncccc2Cl)c(N)c1. The summed E-state index contributed by atoms with van der Waals surface area (Å²) in [6, 6.07) is 7.05. The van der Waals surface area contributed by atoms with Gasteiger partial charge in [0.05, 0.1) is 16.3 Å². The van der Waals surface area contributed by atoms with Crippen molar-refractivity contribution >= 4 is 29.1 Å². The number of halogens is 1. The van der Waals surface area contributed by atoms with E-state index in [1.54, 1.807) is 24.4 Å². The zero-order valence-corrected chi connectivity index (χ0v) is 10.2. The van der Waals surface area contributed by atoms with Gasteiger partial charge in [-0.1, -0.05) is 11.6 Å². The van der Waals surface area contributed by atoms with Crippen LogP contribution in [-0.2, 0) is 0 Å². The molecular weight excluding hydrogens is 256 g/mol. The molecule has 0 aliphatic rings. The van der Waals surface area contributed by atoms with E-state index in [-0.39, 0.29) is 0 Å². The van der Waals surface area contributed by atoms with E-state index in [9.17, 15) is 0 Å². The molecule has 84 valence electrons. The van der Waals surface area contributed by atoms with Crippen molar-refractivity contribution in [2.24, 2.45) is 0 Å². The monoisotopic (exact) mass is 262 g/mol. The van der Waals surface area contributed by atoms with Crippen molar-refractivity contribution in [2.75, 3.05) is 5.73 Å². The van der Waals surface area contributed by atoms with Crippen LogP contribution in [0.15, 0.2) is 40.6 Å². The van der Waals surface area contributed by atoms with Gasteiger partial charge in [-0.2, -0.15) is 5.26 Å². The van der Waals surface area contributed by atoms with Crippen molar-refractivity contribution in [3.63, 3.8) is 0 Å². The Morgan fingerprint density at radius 2 is 2.18 bits per heavy atom. The molecule has 0 aliphatic heterocycles. The van der Waals surface area contributed by atoms with Crippen molar-refractivity contribution in [2.45, 2.75) is 10.1 Å². The van der Waals surface area contributed by atoms with Crippen LogP contribution in [0.4, 0.5) is 5.69 Å². The van der Waals surface area contributed by atoms with Gasteiger partial charge in [0.2, 0.25) is 0 Å². The van der Waals surface area contributed by atoms with Crippen LogP contribution >= 0.6 is 23.4 Å². The molecule has 0 amide bonds. The number of nitrogen functional groups attached to an aromatic ring is 1. The lowest BCUT2D eigenvalue weighted by Gasteiger charge is -2.04. The first-order valence-electron chi connectivity index (χ1n) is 4.64. The molecule has 17 heavy (non-hydrogen) atoms. The topological polar surface area (TPSA) is 75.6 Å². The summed E-state index contributed by atoms with van der Waals surface area (Å²) in [7, 11) is 0. The molecule has 6 heteroatoms. The van der Waals surface area contributed by atoms with Crippen LogP contribution in [0.25, 0.3) is 0 Å². The lowest BCUT2D eigenvalue weighted by atomic mass is 10.3. The number of nitriles is 1. The highest BCUT2D eigenvalue weighted by Gasteiger charge is 2.08. The first-order valence-corrected chi connectivity index (χ1v) is 5.84. The van der Waals surface area contributed by atoms with Crippen molar-refractivity contribution in [3.05, 3.63) is 41.2 Å². The first kappa shape index (κ1) is 11.7. The minimum absolute atomic E-state index is 0.430. The van der Waals surface area contributed by atoms with Gasteiger partial charge in [0.25, 0.3) is 0 Å². The van der Waals surface area contributed by atoms with E-state index in [0.717, 1.165) is 0 Å². The van der Waals surface area contributed by atoms with Gasteiger partial charge < -0.3 is 5.73 Å². The molecule has 0 saturated heterocycles. The Labute approximate surface area is 107 Å². The van der Waals surface area contributed by atoms with Gasteiger partial charge in [0.15, 0.2) is 0 Å². The summed E-state index contributed by atoms with van der Waals surface area (Å²) >= 11 is 7.25. The van der Waals surface area contributed by atoms with E-state index in [1.165, 1.54) is 18.0 Å². The summed E-state index contributed by atoms with van der Waals surface area (Å²) in [6.45, 7) is 0. The molecular formula is C11H7ClN4S. The Morgan fingerprint density at radius 1 is 1.35 bits per heavy atom. The fourth-order valence-corrected chi connectivity index (χ4v) is 2.14. The average Bonchev–Trinajstić information content (AvgIpc) is 2.34. The van der Waals surface area contributed by atoms with E-state index < -0.39 is 0 Å². The molecule has 0 saturated carbocycles. The fourth-order valence-electron chi connectivity index (χ4n) is 1.15. The third kappa shape index (κ3) is 2.67. The molecule has 4 nitrogen and oxygen atoms in total. The number of rotatable bonds is 2. The normalized spacial score (nSPS) is 9.88. The number of anilines is 1. The van der Waals surface area contributed by atoms with Gasteiger partial charge in [0.1, 0.15) is 16.1 Å². The van der Waals surface area contributed by atoms with Gasteiger partial charge >= 0.3 is 0 Å². The lowest BCUT2D eigenvalue weighted by Crippen LogP contribution is -1.93. The number of hydrogen-bond donors (Lipinski definition) is 1. The molecule has 2 N–H and O–H groups in total. The Balaban J connectivity index is 2.32. The van der Waals surface area contributed by atoms with Crippen LogP contribution in [0.2, 0.25) is 5.02 Å². The van der Waals surface area contributed by atoms with E-state index in [4.69, 9.17) is 22.6 Å². The van der Waals surface area contributed by atoms with Crippen LogP contribution < -0.4 is 5.73 Å². The lowest BCUT2D eigenvalue weighted by molar-refractivity contribution is 1.09. The quantitative estimate of drug-likeness (QED) is 0.901. The molecule has 2 aromatic heterocycles. The molecule has 0 aromatic carbocycles. The third-order valence-electron chi connectivity index (χ3n) is 1.93. The van der Waals surface area contributed by atoms with Gasteiger partial charge in [-0.05, 0) is 30.0 Å². The smallest absolute Gasteiger partial charge is 0.125 e. The molecule has 0 spiro atoms. The number of aromatic nitrogens is 2. The molecule has 2 rings (SSSR count). The first-order chi connectivity index (χ1) is 8.20. The summed E-state index contributed by atoms with van der Waals surface area (Å²) in [6.07, 6.45) is 3.11. The van der Waals surface area contributed by atoms with Crippen LogP contribution in [0.3, 0.4) is 0 Å². The average molecular weight is 263 g/mol. The maximum absolute atomic E-state index is 8.70. The maximum atomic E-state index is 8.70. The molecule has 0 atom stereocenters. The molecule has 0 fully saturated rings. The molecule has 0 radical (unpaired) electrons. The highest BCUT2D eigenvalue weighted by Crippen LogP contribution is 2.33. The van der Waals surface area contributed by atoms with Crippen molar-refractivity contribution < 1.29 is 0 Å². The maximum Gasteiger partial charge on any atom is 0.125 e. The van der Waals surface area contributed by atoms with Gasteiger partial charge in [-0.15, -0.1) is 0 Å². The van der Waals surface area contributed by atoms with Crippen molar-refractivity contribution in [3.8, 4) is 6.07 Å². The van der Waals surface area contributed by atoms with Crippen LogP contribution in [0, 0.1) is 11.3 Å². The Hall–Kier alpha value is -1.77. The van der Waals surface area contributed by atoms with Crippen LogP contribution in [0.5, 0.6) is 0 Å². The minimum atomic E-state index is 0.430. The van der Waals surface area contributed by atoms with E-state index >= 15 is 0 Å². The summed E-state index contributed by atoms with van der Waals surface area (Å²) in [4.78, 5) is 8.23. The fraction of sp³-hybridized carbons (Fsp3) is 0. The van der Waals surface area contributed by atoms with Gasteiger partial charge in [-0.3, -0.25) is 0 Å². The second-order valence-electron chi connectivity index (χ2n) is 3.12. The highest BCUT2D eigenvalue weighted by atomic mass is 35.5. The second-order valence-corrected chi connectivity index (χ2v) is 4.51. The summed E-state index contributed by atoms with van der Waals surface area (Å²) in [5.74, 6) is 0. The molecule has 2 heterocycles. The Morgan fingerprint density at radius 3 is 2.82 bits per heavy atom. The summed E-state index contributed by atoms with van der Waals surface area (Å²) < 4.78 is 0. The number of pyridine rings is 2. The zero-order chi connectivity index (χ0) is 12.3. The van der Waals surface area contributed by atoms with Crippen molar-refractivity contribution in [1.82, 2.24) is 9.97 Å². The summed E-state index contributed by atoms with van der Waals surface area (Å²) in [5.41, 5.74) is 6.66. The Kier molecular flexibility index (Phi) is 3.47. The second kappa shape index (κ2) is 5.04. The molecule has 0 unspecified atom stereocenters. The van der Waals surface area contributed by atoms with Crippen molar-refractivity contribution in [1.29, 1.82) is 5.26 Å². The van der Waals surface area contributed by atoms with E-state index in [1.807, 2.05) is 6.07 Å². The molecule has 0 bridgehead atoms. The number of hydrogen-bond acceptors (Lipinski definition) is 5. The van der Waals surface area contributed by atoms with Crippen LogP contribution in [-0.4, -0.2) is 9.97 Å². The zero-order valence-electron chi connectivity index (χ0n) is 8.59. The number of nitrogens with zero attached hydrogens (tertiary/aromatic N) is 3. The molecule has 2 aromatic rings. The third-order valence-corrected chi connectivity index (χ3v) is 3.40. The van der Waals surface area contributed by atoms with E-state index in [2.05, 4.69) is 9.97 Å².